The first-order chi connectivity index (χ1) is 10.7. The average Bonchev–Trinajstić information content (AvgIpc) is 2.59. The summed E-state index contributed by atoms with van der Waals surface area (Å²) in [7, 11) is 5.67. The molecule has 0 N–H and O–H groups in total. The minimum Gasteiger partial charge on any atom is -0.497 e. The molecule has 0 aromatic heterocycles. The van der Waals surface area contributed by atoms with Crippen LogP contribution in [0.15, 0.2) is 56.5 Å². The number of nitrogens with zero attached hydrogens (tertiary/aromatic N) is 2. The zero-order chi connectivity index (χ0) is 15.9. The second kappa shape index (κ2) is 7.81. The van der Waals surface area contributed by atoms with E-state index >= 15 is 0 Å². The van der Waals surface area contributed by atoms with Crippen LogP contribution in [-0.4, -0.2) is 14.2 Å². The summed E-state index contributed by atoms with van der Waals surface area (Å²) in [5.41, 5.74) is 0.567. The molecule has 0 aliphatic rings. The molecule has 0 unspecified atom stereocenters. The smallest absolute Gasteiger partial charge is 0.126 e. The number of methoxy groups -OCH3 is 2. The number of rotatable bonds is 7. The molecular weight excluding hydrogens is 324 g/mol. The van der Waals surface area contributed by atoms with Crippen LogP contribution in [-0.2, 0) is 0 Å². The third-order valence-corrected chi connectivity index (χ3v) is 5.21. The molecule has 0 aliphatic heterocycles. The quantitative estimate of drug-likeness (QED) is 0.504. The minimum atomic E-state index is 0.283. The maximum absolute atomic E-state index is 10.9. The molecular formula is C14H12N2O4S2. The van der Waals surface area contributed by atoms with Crippen molar-refractivity contribution < 1.29 is 9.47 Å². The lowest BCUT2D eigenvalue weighted by Crippen LogP contribution is -1.83. The van der Waals surface area contributed by atoms with Crippen LogP contribution in [0.25, 0.3) is 0 Å². The van der Waals surface area contributed by atoms with Crippen molar-refractivity contribution in [3.63, 3.8) is 0 Å². The van der Waals surface area contributed by atoms with Crippen molar-refractivity contribution in [3.8, 4) is 11.5 Å². The molecule has 0 heterocycles. The molecule has 22 heavy (non-hydrogen) atoms. The standard InChI is InChI=1S/C14H12N2O4S2/c1-19-9-3-5-13(11(7-9)15-17)21-22-14-6-4-10(20-2)8-12(14)16-18/h3-8H,1-2H3. The summed E-state index contributed by atoms with van der Waals surface area (Å²) in [6.07, 6.45) is 0. The molecule has 2 aromatic rings. The maximum Gasteiger partial charge on any atom is 0.126 e. The van der Waals surface area contributed by atoms with Crippen LogP contribution in [0.5, 0.6) is 11.5 Å². The summed E-state index contributed by atoms with van der Waals surface area (Å²) >= 11 is 0. The SMILES string of the molecule is COc1ccc(SSc2ccc(OC)cc2N=O)c(N=O)c1. The highest BCUT2D eigenvalue weighted by Gasteiger charge is 2.10. The summed E-state index contributed by atoms with van der Waals surface area (Å²) in [5, 5.41) is 5.98. The Balaban J connectivity index is 2.19. The molecule has 0 aliphatic carbocycles. The summed E-state index contributed by atoms with van der Waals surface area (Å²) in [6.45, 7) is 0. The van der Waals surface area contributed by atoms with E-state index < -0.39 is 0 Å². The number of ether oxygens (including phenoxy) is 2. The van der Waals surface area contributed by atoms with Gasteiger partial charge in [0.2, 0.25) is 0 Å². The second-order valence-electron chi connectivity index (χ2n) is 4.02. The number of benzene rings is 2. The van der Waals surface area contributed by atoms with Crippen molar-refractivity contribution in [2.45, 2.75) is 9.79 Å². The van der Waals surface area contributed by atoms with E-state index in [2.05, 4.69) is 10.4 Å². The van der Waals surface area contributed by atoms with E-state index in [0.29, 0.717) is 21.3 Å². The van der Waals surface area contributed by atoms with Crippen molar-refractivity contribution in [1.82, 2.24) is 0 Å². The van der Waals surface area contributed by atoms with Gasteiger partial charge in [0, 0.05) is 21.9 Å². The minimum absolute atomic E-state index is 0.283. The van der Waals surface area contributed by atoms with Crippen molar-refractivity contribution in [2.24, 2.45) is 10.4 Å². The molecule has 0 atom stereocenters. The summed E-state index contributed by atoms with van der Waals surface area (Å²) in [6, 6.07) is 10.1. The Labute approximate surface area is 134 Å². The van der Waals surface area contributed by atoms with Crippen LogP contribution in [0.1, 0.15) is 0 Å². The van der Waals surface area contributed by atoms with Crippen LogP contribution in [0.3, 0.4) is 0 Å². The molecule has 2 rings (SSSR count). The first kappa shape index (κ1) is 16.3. The van der Waals surface area contributed by atoms with Gasteiger partial charge >= 0.3 is 0 Å². The fourth-order valence-electron chi connectivity index (χ4n) is 1.62. The second-order valence-corrected chi connectivity index (χ2v) is 6.23. The van der Waals surface area contributed by atoms with Crippen molar-refractivity contribution in [1.29, 1.82) is 0 Å². The van der Waals surface area contributed by atoms with Gasteiger partial charge < -0.3 is 9.47 Å². The summed E-state index contributed by atoms with van der Waals surface area (Å²) < 4.78 is 10.1. The van der Waals surface area contributed by atoms with Crippen LogP contribution < -0.4 is 9.47 Å². The lowest BCUT2D eigenvalue weighted by Gasteiger charge is -2.07. The molecule has 114 valence electrons. The zero-order valence-corrected chi connectivity index (χ0v) is 13.4. The first-order valence-corrected chi connectivity index (χ1v) is 8.24. The van der Waals surface area contributed by atoms with Gasteiger partial charge in [0.25, 0.3) is 0 Å². The van der Waals surface area contributed by atoms with E-state index in [1.54, 1.807) is 36.4 Å². The van der Waals surface area contributed by atoms with E-state index in [1.807, 2.05) is 0 Å². The predicted molar refractivity (Wildman–Crippen MR) is 88.6 cm³/mol. The first-order valence-electron chi connectivity index (χ1n) is 6.09. The Morgan fingerprint density at radius 2 is 1.18 bits per heavy atom. The van der Waals surface area contributed by atoms with E-state index in [4.69, 9.17) is 9.47 Å². The van der Waals surface area contributed by atoms with Crippen LogP contribution >= 0.6 is 21.6 Å². The topological polar surface area (TPSA) is 77.3 Å². The number of nitroso groups, excluding NO2 is 2. The van der Waals surface area contributed by atoms with Gasteiger partial charge in [-0.25, -0.2) is 0 Å². The van der Waals surface area contributed by atoms with E-state index in [0.717, 1.165) is 0 Å². The molecule has 0 fully saturated rings. The fourth-order valence-corrected chi connectivity index (χ4v) is 3.80. The highest BCUT2D eigenvalue weighted by Crippen LogP contribution is 2.46. The Kier molecular flexibility index (Phi) is 5.79. The summed E-state index contributed by atoms with van der Waals surface area (Å²) in [5.74, 6) is 1.12. The lowest BCUT2D eigenvalue weighted by atomic mass is 10.3. The number of hydrogen-bond acceptors (Lipinski definition) is 8. The normalized spacial score (nSPS) is 10.1. The molecule has 0 saturated heterocycles. The lowest BCUT2D eigenvalue weighted by molar-refractivity contribution is 0.414. The molecule has 0 bridgehead atoms. The van der Waals surface area contributed by atoms with Crippen LogP contribution in [0.4, 0.5) is 11.4 Å². The predicted octanol–water partition coefficient (Wildman–Crippen LogP) is 5.30. The van der Waals surface area contributed by atoms with Gasteiger partial charge in [0.05, 0.1) is 14.2 Å². The van der Waals surface area contributed by atoms with Crippen molar-refractivity contribution in [3.05, 3.63) is 46.2 Å². The van der Waals surface area contributed by atoms with E-state index in [1.165, 1.54) is 35.8 Å². The Hall–Kier alpha value is -2.06. The van der Waals surface area contributed by atoms with Gasteiger partial charge in [0.15, 0.2) is 0 Å². The molecule has 6 nitrogen and oxygen atoms in total. The molecule has 8 heteroatoms. The van der Waals surface area contributed by atoms with Gasteiger partial charge in [-0.05, 0) is 34.6 Å². The molecule has 2 aromatic carbocycles. The molecule has 0 radical (unpaired) electrons. The Morgan fingerprint density at radius 1 is 0.773 bits per heavy atom. The van der Waals surface area contributed by atoms with Gasteiger partial charge in [-0.3, -0.25) is 0 Å². The van der Waals surface area contributed by atoms with Gasteiger partial charge in [-0.2, -0.15) is 0 Å². The van der Waals surface area contributed by atoms with Gasteiger partial charge in [-0.1, -0.05) is 21.6 Å². The molecule has 0 amide bonds. The number of hydrogen-bond donors (Lipinski definition) is 0. The molecule has 0 spiro atoms. The summed E-state index contributed by atoms with van der Waals surface area (Å²) in [4.78, 5) is 23.1. The average molecular weight is 336 g/mol. The highest BCUT2D eigenvalue weighted by atomic mass is 33.1. The van der Waals surface area contributed by atoms with Gasteiger partial charge in [0.1, 0.15) is 22.9 Å². The van der Waals surface area contributed by atoms with Crippen molar-refractivity contribution in [2.75, 3.05) is 14.2 Å². The Bertz CT molecular complexity index is 635. The zero-order valence-electron chi connectivity index (χ0n) is 11.8. The third kappa shape index (κ3) is 3.77. The van der Waals surface area contributed by atoms with E-state index in [-0.39, 0.29) is 11.4 Å². The van der Waals surface area contributed by atoms with Crippen molar-refractivity contribution >= 4 is 33.0 Å². The third-order valence-electron chi connectivity index (χ3n) is 2.75. The van der Waals surface area contributed by atoms with E-state index in [9.17, 15) is 9.81 Å². The molecule has 0 saturated carbocycles. The fraction of sp³-hybridized carbons (Fsp3) is 0.143. The monoisotopic (exact) mass is 336 g/mol. The van der Waals surface area contributed by atoms with Crippen LogP contribution in [0, 0.1) is 9.81 Å². The van der Waals surface area contributed by atoms with Gasteiger partial charge in [-0.15, -0.1) is 9.81 Å². The maximum atomic E-state index is 10.9. The largest absolute Gasteiger partial charge is 0.497 e. The highest BCUT2D eigenvalue weighted by molar-refractivity contribution is 8.76. The van der Waals surface area contributed by atoms with Crippen LogP contribution in [0.2, 0.25) is 0 Å². The Morgan fingerprint density at radius 3 is 1.50 bits per heavy atom.